The van der Waals surface area contributed by atoms with Crippen molar-refractivity contribution in [3.63, 3.8) is 0 Å². The zero-order valence-electron chi connectivity index (χ0n) is 15.4. The molecule has 1 aromatic heterocycles. The van der Waals surface area contributed by atoms with Gasteiger partial charge in [-0.05, 0) is 42.8 Å². The molecule has 9 heteroatoms. The molecule has 0 fully saturated rings. The molecule has 148 valence electrons. The van der Waals surface area contributed by atoms with Crippen LogP contribution >= 0.6 is 22.9 Å². The summed E-state index contributed by atoms with van der Waals surface area (Å²) < 4.78 is 39.4. The molecule has 1 unspecified atom stereocenters. The van der Waals surface area contributed by atoms with Gasteiger partial charge in [0.15, 0.2) is 0 Å². The van der Waals surface area contributed by atoms with Crippen LogP contribution in [0.15, 0.2) is 47.4 Å². The first-order valence-electron chi connectivity index (χ1n) is 8.32. The number of nitrogens with one attached hydrogen (secondary N) is 1. The minimum atomic E-state index is -3.51. The number of sulfonamides is 1. The number of carbonyl (C=O) groups is 1. The average Bonchev–Trinajstić information content (AvgIpc) is 2.97. The molecule has 5 nitrogen and oxygen atoms in total. The lowest BCUT2D eigenvalue weighted by molar-refractivity contribution is 0.0944. The van der Waals surface area contributed by atoms with E-state index in [-0.39, 0.29) is 21.9 Å². The third-order valence-electron chi connectivity index (χ3n) is 4.30. The molecule has 1 atom stereocenters. The summed E-state index contributed by atoms with van der Waals surface area (Å²) in [6, 6.07) is 10.1. The van der Waals surface area contributed by atoms with Gasteiger partial charge in [-0.15, -0.1) is 11.3 Å². The van der Waals surface area contributed by atoms with E-state index in [0.29, 0.717) is 15.0 Å². The highest BCUT2D eigenvalue weighted by Crippen LogP contribution is 2.36. The Kier molecular flexibility index (Phi) is 5.77. The number of thiophene rings is 1. The summed E-state index contributed by atoms with van der Waals surface area (Å²) in [5.74, 6) is -0.761. The fraction of sp³-hybridized carbons (Fsp3) is 0.211. The first-order chi connectivity index (χ1) is 13.1. The van der Waals surface area contributed by atoms with E-state index in [1.807, 2.05) is 0 Å². The van der Waals surface area contributed by atoms with Crippen molar-refractivity contribution >= 4 is 49.0 Å². The van der Waals surface area contributed by atoms with Gasteiger partial charge in [-0.2, -0.15) is 0 Å². The van der Waals surface area contributed by atoms with Crippen molar-refractivity contribution in [2.45, 2.75) is 17.9 Å². The van der Waals surface area contributed by atoms with E-state index in [4.69, 9.17) is 11.6 Å². The lowest BCUT2D eigenvalue weighted by Crippen LogP contribution is -2.26. The minimum absolute atomic E-state index is 0.175. The van der Waals surface area contributed by atoms with Crippen LogP contribution in [0.5, 0.6) is 0 Å². The maximum atomic E-state index is 13.4. The van der Waals surface area contributed by atoms with Crippen molar-refractivity contribution in [3.05, 3.63) is 63.7 Å². The summed E-state index contributed by atoms with van der Waals surface area (Å²) in [6.07, 6.45) is 0. The van der Waals surface area contributed by atoms with E-state index >= 15 is 0 Å². The molecule has 0 aliphatic carbocycles. The highest BCUT2D eigenvalue weighted by molar-refractivity contribution is 7.89. The Morgan fingerprint density at radius 1 is 1.18 bits per heavy atom. The first-order valence-corrected chi connectivity index (χ1v) is 11.0. The van der Waals surface area contributed by atoms with Crippen molar-refractivity contribution in [1.29, 1.82) is 0 Å². The van der Waals surface area contributed by atoms with Gasteiger partial charge >= 0.3 is 0 Å². The molecule has 3 rings (SSSR count). The summed E-state index contributed by atoms with van der Waals surface area (Å²) >= 11 is 7.41. The van der Waals surface area contributed by atoms with E-state index in [0.717, 1.165) is 21.2 Å². The van der Waals surface area contributed by atoms with Crippen LogP contribution < -0.4 is 5.32 Å². The van der Waals surface area contributed by atoms with Crippen LogP contribution in [0.4, 0.5) is 4.39 Å². The van der Waals surface area contributed by atoms with Gasteiger partial charge in [0, 0.05) is 24.2 Å². The minimum Gasteiger partial charge on any atom is -0.345 e. The quantitative estimate of drug-likeness (QED) is 0.638. The van der Waals surface area contributed by atoms with Crippen LogP contribution in [0.3, 0.4) is 0 Å². The number of nitrogens with zero attached hydrogens (tertiary/aromatic N) is 1. The van der Waals surface area contributed by atoms with Crippen LogP contribution in [0, 0.1) is 5.82 Å². The fourth-order valence-corrected chi connectivity index (χ4v) is 5.02. The number of fused-ring (bicyclic) bond motifs is 1. The number of hydrogen-bond acceptors (Lipinski definition) is 4. The summed E-state index contributed by atoms with van der Waals surface area (Å²) in [5, 5.41) is 3.76. The highest BCUT2D eigenvalue weighted by Gasteiger charge is 2.21. The number of carbonyl (C=O) groups excluding carboxylic acids is 1. The third kappa shape index (κ3) is 3.91. The average molecular weight is 441 g/mol. The van der Waals surface area contributed by atoms with Gasteiger partial charge in [-0.1, -0.05) is 23.7 Å². The maximum Gasteiger partial charge on any atom is 0.263 e. The molecule has 0 aliphatic rings. The molecule has 28 heavy (non-hydrogen) atoms. The van der Waals surface area contributed by atoms with Gasteiger partial charge < -0.3 is 5.32 Å². The molecule has 0 spiro atoms. The molecule has 1 heterocycles. The molecule has 1 amide bonds. The molecule has 0 radical (unpaired) electrons. The summed E-state index contributed by atoms with van der Waals surface area (Å²) in [6.45, 7) is 1.79. The largest absolute Gasteiger partial charge is 0.345 e. The number of benzene rings is 2. The van der Waals surface area contributed by atoms with Crippen molar-refractivity contribution in [2.24, 2.45) is 0 Å². The van der Waals surface area contributed by atoms with Gasteiger partial charge in [0.05, 0.1) is 16.0 Å². The maximum absolute atomic E-state index is 13.4. The lowest BCUT2D eigenvalue weighted by atomic mass is 10.1. The van der Waals surface area contributed by atoms with E-state index in [9.17, 15) is 17.6 Å². The van der Waals surface area contributed by atoms with E-state index in [1.54, 1.807) is 25.1 Å². The predicted molar refractivity (Wildman–Crippen MR) is 110 cm³/mol. The Morgan fingerprint density at radius 3 is 2.43 bits per heavy atom. The van der Waals surface area contributed by atoms with E-state index < -0.39 is 15.8 Å². The van der Waals surface area contributed by atoms with Gasteiger partial charge in [0.25, 0.3) is 5.91 Å². The normalized spacial score (nSPS) is 13.1. The standard InChI is InChI=1S/C19H18ClFN2O3S2/c1-11(12-4-7-14(8-5-12)28(25,26)23(2)3)22-19(24)18-17(20)15-9-6-13(21)10-16(15)27-18/h4-11H,1-3H3,(H,22,24). The third-order valence-corrected chi connectivity index (χ3v) is 7.79. The molecule has 0 aliphatic heterocycles. The Hall–Kier alpha value is -2.00. The Bertz CT molecular complexity index is 1140. The second-order valence-corrected chi connectivity index (χ2v) is 10.0. The lowest BCUT2D eigenvalue weighted by Gasteiger charge is -2.16. The Balaban J connectivity index is 1.80. The summed E-state index contributed by atoms with van der Waals surface area (Å²) in [5.41, 5.74) is 0.745. The fourth-order valence-electron chi connectivity index (χ4n) is 2.67. The molecule has 1 N–H and O–H groups in total. The molecule has 2 aromatic carbocycles. The monoisotopic (exact) mass is 440 g/mol. The Labute approximate surface area is 171 Å². The van der Waals surface area contributed by atoms with Crippen molar-refractivity contribution in [3.8, 4) is 0 Å². The molecular weight excluding hydrogens is 423 g/mol. The second-order valence-electron chi connectivity index (χ2n) is 6.44. The number of amides is 1. The summed E-state index contributed by atoms with van der Waals surface area (Å²) in [4.78, 5) is 13.1. The van der Waals surface area contributed by atoms with Gasteiger partial charge in [-0.3, -0.25) is 4.79 Å². The smallest absolute Gasteiger partial charge is 0.263 e. The molecular formula is C19H18ClFN2O3S2. The van der Waals surface area contributed by atoms with Crippen molar-refractivity contribution < 1.29 is 17.6 Å². The number of halogens is 2. The number of hydrogen-bond donors (Lipinski definition) is 1. The van der Waals surface area contributed by atoms with Crippen LogP contribution in [0.1, 0.15) is 28.2 Å². The van der Waals surface area contributed by atoms with Crippen LogP contribution in [-0.4, -0.2) is 32.7 Å². The van der Waals surface area contributed by atoms with Crippen LogP contribution in [-0.2, 0) is 10.0 Å². The van der Waals surface area contributed by atoms with Crippen LogP contribution in [0.2, 0.25) is 5.02 Å². The summed E-state index contributed by atoms with van der Waals surface area (Å²) in [7, 11) is -0.580. The second kappa shape index (κ2) is 7.79. The van der Waals surface area contributed by atoms with E-state index in [1.165, 1.54) is 38.4 Å². The molecule has 0 bridgehead atoms. The van der Waals surface area contributed by atoms with Gasteiger partial charge in [0.1, 0.15) is 10.7 Å². The Morgan fingerprint density at radius 2 is 1.82 bits per heavy atom. The van der Waals surface area contributed by atoms with Crippen molar-refractivity contribution in [2.75, 3.05) is 14.1 Å². The zero-order chi connectivity index (χ0) is 20.6. The van der Waals surface area contributed by atoms with Crippen molar-refractivity contribution in [1.82, 2.24) is 9.62 Å². The SMILES string of the molecule is CC(NC(=O)c1sc2cc(F)ccc2c1Cl)c1ccc(S(=O)(=O)N(C)C)cc1. The highest BCUT2D eigenvalue weighted by atomic mass is 35.5. The molecule has 0 saturated heterocycles. The van der Waals surface area contributed by atoms with Crippen LogP contribution in [0.25, 0.3) is 10.1 Å². The first kappa shape index (κ1) is 20.7. The van der Waals surface area contributed by atoms with E-state index in [2.05, 4.69) is 5.32 Å². The molecule has 0 saturated carbocycles. The predicted octanol–water partition coefficient (Wildman–Crippen LogP) is 4.44. The zero-order valence-corrected chi connectivity index (χ0v) is 17.8. The molecule has 3 aromatic rings. The van der Waals surface area contributed by atoms with Gasteiger partial charge in [0.2, 0.25) is 10.0 Å². The topological polar surface area (TPSA) is 66.5 Å². The number of rotatable bonds is 5. The van der Waals surface area contributed by atoms with Gasteiger partial charge in [-0.25, -0.2) is 17.1 Å².